The van der Waals surface area contributed by atoms with Crippen LogP contribution in [0.2, 0.25) is 0 Å². The molecule has 0 saturated carbocycles. The number of ether oxygens (including phenoxy) is 4. The summed E-state index contributed by atoms with van der Waals surface area (Å²) in [5.74, 6) is 0.978. The van der Waals surface area contributed by atoms with E-state index in [1.165, 1.54) is 12.4 Å². The van der Waals surface area contributed by atoms with Crippen molar-refractivity contribution in [2.45, 2.75) is 6.42 Å². The fourth-order valence-corrected chi connectivity index (χ4v) is 3.92. The zero-order valence-electron chi connectivity index (χ0n) is 18.3. The third-order valence-electron chi connectivity index (χ3n) is 5.68. The minimum Gasteiger partial charge on any atom is -0.493 e. The van der Waals surface area contributed by atoms with Crippen molar-refractivity contribution in [1.29, 1.82) is 0 Å². The highest BCUT2D eigenvalue weighted by Gasteiger charge is 2.16. The topological polar surface area (TPSA) is 81.7 Å². The third-order valence-corrected chi connectivity index (χ3v) is 5.68. The zero-order valence-corrected chi connectivity index (χ0v) is 18.3. The molecular weight excluding hydrogens is 427 g/mol. The van der Waals surface area contributed by atoms with Crippen LogP contribution >= 0.6 is 0 Å². The molecule has 9 heteroatoms. The van der Waals surface area contributed by atoms with Gasteiger partial charge in [-0.3, -0.25) is 4.90 Å². The Kier molecular flexibility index (Phi) is 6.23. The Bertz CT molecular complexity index is 1260. The first kappa shape index (κ1) is 21.4. The average molecular weight is 452 g/mol. The van der Waals surface area contributed by atoms with Crippen LogP contribution in [0.1, 0.15) is 6.42 Å². The van der Waals surface area contributed by atoms with E-state index in [0.717, 1.165) is 44.7 Å². The van der Waals surface area contributed by atoms with Gasteiger partial charge in [-0.2, -0.15) is 0 Å². The predicted molar refractivity (Wildman–Crippen MR) is 122 cm³/mol. The summed E-state index contributed by atoms with van der Waals surface area (Å²) < 4.78 is 37.3. The number of nitrogens with zero attached hydrogens (tertiary/aromatic N) is 3. The van der Waals surface area contributed by atoms with Gasteiger partial charge in [0.1, 0.15) is 6.33 Å². The number of aromatic amines is 1. The lowest BCUT2D eigenvalue weighted by Gasteiger charge is -2.26. The third kappa shape index (κ3) is 4.69. The highest BCUT2D eigenvalue weighted by Crippen LogP contribution is 2.37. The lowest BCUT2D eigenvalue weighted by molar-refractivity contribution is 0.0357. The van der Waals surface area contributed by atoms with Crippen LogP contribution in [0.5, 0.6) is 23.1 Å². The van der Waals surface area contributed by atoms with Gasteiger partial charge in [-0.1, -0.05) is 0 Å². The van der Waals surface area contributed by atoms with Crippen molar-refractivity contribution in [2.24, 2.45) is 0 Å². The molecule has 0 radical (unpaired) electrons. The standard InChI is InChI=1S/C24H25FN4O4/c1-30-22-12-17-20(14-23(22)32-8-2-5-29-6-9-31-10-7-29)27-15-28-24(17)33-21-11-16-3-4-26-19(16)13-18(21)25/h3-4,11-15,26H,2,5-10H2,1H3. The Labute approximate surface area is 190 Å². The summed E-state index contributed by atoms with van der Waals surface area (Å²) >= 11 is 0. The molecule has 33 heavy (non-hydrogen) atoms. The van der Waals surface area contributed by atoms with Crippen LogP contribution in [0.3, 0.4) is 0 Å². The van der Waals surface area contributed by atoms with Gasteiger partial charge in [-0.15, -0.1) is 0 Å². The minimum atomic E-state index is -0.483. The summed E-state index contributed by atoms with van der Waals surface area (Å²) in [6.45, 7) is 4.98. The van der Waals surface area contributed by atoms with Crippen LogP contribution in [0.15, 0.2) is 42.9 Å². The minimum absolute atomic E-state index is 0.0875. The fraction of sp³-hybridized carbons (Fsp3) is 0.333. The molecule has 2 aromatic carbocycles. The number of H-pyrrole nitrogens is 1. The molecule has 0 amide bonds. The van der Waals surface area contributed by atoms with Gasteiger partial charge in [0, 0.05) is 48.9 Å². The predicted octanol–water partition coefficient (Wildman–Crippen LogP) is 4.15. The van der Waals surface area contributed by atoms with Gasteiger partial charge in [-0.25, -0.2) is 14.4 Å². The van der Waals surface area contributed by atoms with Crippen molar-refractivity contribution in [1.82, 2.24) is 19.9 Å². The highest BCUT2D eigenvalue weighted by molar-refractivity contribution is 5.87. The molecule has 0 aliphatic carbocycles. The number of morpholine rings is 1. The first-order valence-electron chi connectivity index (χ1n) is 10.9. The van der Waals surface area contributed by atoms with E-state index < -0.39 is 5.82 Å². The van der Waals surface area contributed by atoms with Gasteiger partial charge in [0.2, 0.25) is 5.88 Å². The van der Waals surface area contributed by atoms with Gasteiger partial charge in [0.15, 0.2) is 23.1 Å². The number of hydrogen-bond donors (Lipinski definition) is 1. The average Bonchev–Trinajstić information content (AvgIpc) is 3.29. The van der Waals surface area contributed by atoms with Crippen LogP contribution in [0.4, 0.5) is 4.39 Å². The molecule has 1 saturated heterocycles. The number of hydrogen-bond acceptors (Lipinski definition) is 7. The molecule has 5 rings (SSSR count). The Balaban J connectivity index is 1.34. The maximum absolute atomic E-state index is 14.6. The number of benzene rings is 2. The number of methoxy groups -OCH3 is 1. The van der Waals surface area contributed by atoms with Gasteiger partial charge in [-0.05, 0) is 24.6 Å². The summed E-state index contributed by atoms with van der Waals surface area (Å²) in [6.07, 6.45) is 4.03. The monoisotopic (exact) mass is 452 g/mol. The number of fused-ring (bicyclic) bond motifs is 2. The van der Waals surface area contributed by atoms with Crippen molar-refractivity contribution >= 4 is 21.8 Å². The van der Waals surface area contributed by atoms with Crippen molar-refractivity contribution in [2.75, 3.05) is 46.6 Å². The van der Waals surface area contributed by atoms with Crippen LogP contribution in [0.25, 0.3) is 21.8 Å². The summed E-state index contributed by atoms with van der Waals surface area (Å²) in [5.41, 5.74) is 1.32. The lowest BCUT2D eigenvalue weighted by atomic mass is 10.2. The summed E-state index contributed by atoms with van der Waals surface area (Å²) in [6, 6.07) is 8.44. The van der Waals surface area contributed by atoms with Crippen LogP contribution in [0, 0.1) is 5.82 Å². The molecule has 0 atom stereocenters. The maximum atomic E-state index is 14.6. The highest BCUT2D eigenvalue weighted by atomic mass is 19.1. The summed E-state index contributed by atoms with van der Waals surface area (Å²) in [5, 5.41) is 1.44. The van der Waals surface area contributed by atoms with Crippen LogP contribution < -0.4 is 14.2 Å². The summed E-state index contributed by atoms with van der Waals surface area (Å²) in [4.78, 5) is 13.9. The molecule has 3 heterocycles. The fourth-order valence-electron chi connectivity index (χ4n) is 3.92. The smallest absolute Gasteiger partial charge is 0.230 e. The van der Waals surface area contributed by atoms with Gasteiger partial charge < -0.3 is 23.9 Å². The molecule has 1 N–H and O–H groups in total. The van der Waals surface area contributed by atoms with Crippen molar-refractivity contribution in [3.63, 3.8) is 0 Å². The van der Waals surface area contributed by atoms with Gasteiger partial charge in [0.05, 0.1) is 37.8 Å². The SMILES string of the molecule is COc1cc2c(Oc3cc4cc[nH]c4cc3F)ncnc2cc1OCCCN1CCOCC1. The Morgan fingerprint density at radius 1 is 1.09 bits per heavy atom. The number of nitrogens with one attached hydrogen (secondary N) is 1. The maximum Gasteiger partial charge on any atom is 0.230 e. The number of rotatable bonds is 8. The Hall–Kier alpha value is -3.43. The first-order valence-corrected chi connectivity index (χ1v) is 10.9. The normalized spacial score (nSPS) is 14.6. The Morgan fingerprint density at radius 2 is 1.97 bits per heavy atom. The van der Waals surface area contributed by atoms with E-state index >= 15 is 0 Å². The van der Waals surface area contributed by atoms with Gasteiger partial charge in [0.25, 0.3) is 0 Å². The quantitative estimate of drug-likeness (QED) is 0.402. The second-order valence-corrected chi connectivity index (χ2v) is 7.80. The van der Waals surface area contributed by atoms with E-state index in [0.29, 0.717) is 34.5 Å². The van der Waals surface area contributed by atoms with E-state index in [1.807, 2.05) is 6.07 Å². The molecule has 4 aromatic rings. The van der Waals surface area contributed by atoms with Crippen molar-refractivity contribution in [3.8, 4) is 23.1 Å². The second kappa shape index (κ2) is 9.60. The number of halogens is 1. The Morgan fingerprint density at radius 3 is 2.82 bits per heavy atom. The largest absolute Gasteiger partial charge is 0.493 e. The van der Waals surface area contributed by atoms with E-state index in [-0.39, 0.29) is 11.6 Å². The van der Waals surface area contributed by atoms with Gasteiger partial charge >= 0.3 is 0 Å². The van der Waals surface area contributed by atoms with Crippen molar-refractivity contribution < 1.29 is 23.3 Å². The number of aromatic nitrogens is 3. The van der Waals surface area contributed by atoms with Crippen LogP contribution in [-0.4, -0.2) is 66.4 Å². The second-order valence-electron chi connectivity index (χ2n) is 7.80. The zero-order chi connectivity index (χ0) is 22.6. The van der Waals surface area contributed by atoms with E-state index in [9.17, 15) is 4.39 Å². The lowest BCUT2D eigenvalue weighted by Crippen LogP contribution is -2.37. The molecule has 0 spiro atoms. The molecule has 1 aliphatic rings. The molecule has 2 aromatic heterocycles. The van der Waals surface area contributed by atoms with Crippen LogP contribution in [-0.2, 0) is 4.74 Å². The molecule has 0 bridgehead atoms. The molecule has 1 fully saturated rings. The molecule has 8 nitrogen and oxygen atoms in total. The van der Waals surface area contributed by atoms with E-state index in [2.05, 4.69) is 19.9 Å². The molecular formula is C24H25FN4O4. The molecule has 0 unspecified atom stereocenters. The van der Waals surface area contributed by atoms with E-state index in [1.54, 1.807) is 31.5 Å². The van der Waals surface area contributed by atoms with E-state index in [4.69, 9.17) is 18.9 Å². The first-order chi connectivity index (χ1) is 16.2. The molecule has 172 valence electrons. The van der Waals surface area contributed by atoms with Crippen molar-refractivity contribution in [3.05, 3.63) is 48.7 Å². The molecule has 1 aliphatic heterocycles. The summed E-state index contributed by atoms with van der Waals surface area (Å²) in [7, 11) is 1.57.